The second-order valence-electron chi connectivity index (χ2n) is 10.9. The summed E-state index contributed by atoms with van der Waals surface area (Å²) >= 11 is 0. The number of methoxy groups -OCH3 is 1. The summed E-state index contributed by atoms with van der Waals surface area (Å²) in [6.45, 7) is 8.77. The summed E-state index contributed by atoms with van der Waals surface area (Å²) in [5, 5.41) is 2.97. The van der Waals surface area contributed by atoms with Crippen molar-refractivity contribution in [3.05, 3.63) is 71.8 Å². The van der Waals surface area contributed by atoms with Crippen LogP contribution in [-0.2, 0) is 20.2 Å². The number of carbonyl (C=O) groups is 1. The molecule has 0 spiro atoms. The molecule has 2 aliphatic heterocycles. The first-order valence-corrected chi connectivity index (χ1v) is 14.6. The number of anilines is 1. The van der Waals surface area contributed by atoms with E-state index in [4.69, 9.17) is 18.9 Å². The highest BCUT2D eigenvalue weighted by Gasteiger charge is 2.38. The van der Waals surface area contributed by atoms with Gasteiger partial charge in [-0.3, -0.25) is 9.10 Å². The van der Waals surface area contributed by atoms with E-state index in [2.05, 4.69) is 26.1 Å². The number of benzene rings is 3. The van der Waals surface area contributed by atoms with Crippen LogP contribution in [0.15, 0.2) is 65.6 Å². The zero-order chi connectivity index (χ0) is 28.7. The SMILES string of the molecule is COc1ccc(S(=O)(=O)N2C[C@@H](C(=O)N[C@H](C)c3ccc4c(c3)OCCO4)Oc3ccc(C(C)(C)C)cc32)cc1. The van der Waals surface area contributed by atoms with E-state index in [1.165, 1.54) is 23.5 Å². The number of nitrogens with one attached hydrogen (secondary N) is 1. The first-order chi connectivity index (χ1) is 19.0. The minimum atomic E-state index is -4.03. The van der Waals surface area contributed by atoms with E-state index in [9.17, 15) is 13.2 Å². The van der Waals surface area contributed by atoms with Crippen molar-refractivity contribution in [2.45, 2.75) is 50.2 Å². The van der Waals surface area contributed by atoms with Gasteiger partial charge in [-0.1, -0.05) is 32.9 Å². The van der Waals surface area contributed by atoms with Crippen LogP contribution in [0.3, 0.4) is 0 Å². The van der Waals surface area contributed by atoms with Gasteiger partial charge in [0.05, 0.1) is 30.3 Å². The number of hydrogen-bond donors (Lipinski definition) is 1. The third-order valence-electron chi connectivity index (χ3n) is 7.06. The number of ether oxygens (including phenoxy) is 4. The molecule has 40 heavy (non-hydrogen) atoms. The molecule has 0 fully saturated rings. The van der Waals surface area contributed by atoms with Gasteiger partial charge in [0.1, 0.15) is 24.7 Å². The zero-order valence-electron chi connectivity index (χ0n) is 23.3. The quantitative estimate of drug-likeness (QED) is 0.465. The van der Waals surface area contributed by atoms with Crippen LogP contribution < -0.4 is 28.6 Å². The van der Waals surface area contributed by atoms with E-state index in [0.717, 1.165) is 11.1 Å². The van der Waals surface area contributed by atoms with Crippen molar-refractivity contribution in [2.24, 2.45) is 0 Å². The van der Waals surface area contributed by atoms with E-state index in [1.54, 1.807) is 18.2 Å². The first-order valence-electron chi connectivity index (χ1n) is 13.2. The fourth-order valence-electron chi connectivity index (χ4n) is 4.68. The molecule has 3 aromatic carbocycles. The lowest BCUT2D eigenvalue weighted by Crippen LogP contribution is -2.51. The van der Waals surface area contributed by atoms with Crippen molar-refractivity contribution >= 4 is 21.6 Å². The molecule has 5 rings (SSSR count). The van der Waals surface area contributed by atoms with Crippen molar-refractivity contribution in [3.63, 3.8) is 0 Å². The molecule has 2 atom stereocenters. The molecule has 2 aliphatic rings. The highest BCUT2D eigenvalue weighted by atomic mass is 32.2. The zero-order valence-corrected chi connectivity index (χ0v) is 24.1. The Morgan fingerprint density at radius 3 is 2.33 bits per heavy atom. The molecular weight excluding hydrogens is 532 g/mol. The molecule has 0 aromatic heterocycles. The molecule has 2 heterocycles. The number of amides is 1. The van der Waals surface area contributed by atoms with Crippen LogP contribution in [0.4, 0.5) is 5.69 Å². The Labute approximate surface area is 235 Å². The third-order valence-corrected chi connectivity index (χ3v) is 8.85. The Balaban J connectivity index is 1.45. The average Bonchev–Trinajstić information content (AvgIpc) is 2.95. The lowest BCUT2D eigenvalue weighted by atomic mass is 9.86. The van der Waals surface area contributed by atoms with E-state index < -0.39 is 22.0 Å². The van der Waals surface area contributed by atoms with Crippen LogP contribution in [-0.4, -0.2) is 47.3 Å². The maximum atomic E-state index is 13.9. The van der Waals surface area contributed by atoms with Crippen molar-refractivity contribution in [1.82, 2.24) is 5.32 Å². The number of sulfonamides is 1. The molecule has 0 aliphatic carbocycles. The van der Waals surface area contributed by atoms with Crippen molar-refractivity contribution in [3.8, 4) is 23.0 Å². The Kier molecular flexibility index (Phi) is 7.31. The van der Waals surface area contributed by atoms with Gasteiger partial charge < -0.3 is 24.3 Å². The topological polar surface area (TPSA) is 103 Å². The smallest absolute Gasteiger partial charge is 0.264 e. The van der Waals surface area contributed by atoms with Gasteiger partial charge in [-0.25, -0.2) is 8.42 Å². The number of hydrogen-bond acceptors (Lipinski definition) is 7. The van der Waals surface area contributed by atoms with E-state index >= 15 is 0 Å². The number of nitrogens with zero attached hydrogens (tertiary/aromatic N) is 1. The van der Waals surface area contributed by atoms with Crippen LogP contribution >= 0.6 is 0 Å². The summed E-state index contributed by atoms with van der Waals surface area (Å²) in [6.07, 6.45) is -1.07. The van der Waals surface area contributed by atoms with Crippen molar-refractivity contribution in [1.29, 1.82) is 0 Å². The lowest BCUT2D eigenvalue weighted by Gasteiger charge is -2.36. The minimum Gasteiger partial charge on any atom is -0.497 e. The molecule has 1 amide bonds. The predicted molar refractivity (Wildman–Crippen MR) is 151 cm³/mol. The number of fused-ring (bicyclic) bond motifs is 2. The molecule has 0 saturated carbocycles. The Bertz CT molecular complexity index is 1510. The first kappa shape index (κ1) is 27.6. The molecule has 9 nitrogen and oxygen atoms in total. The second-order valence-corrected chi connectivity index (χ2v) is 12.7. The maximum Gasteiger partial charge on any atom is 0.264 e. The van der Waals surface area contributed by atoms with Crippen molar-refractivity contribution < 1.29 is 32.2 Å². The molecule has 1 N–H and O–H groups in total. The van der Waals surface area contributed by atoms with Gasteiger partial charge in [0.25, 0.3) is 15.9 Å². The van der Waals surface area contributed by atoms with Crippen LogP contribution in [0.2, 0.25) is 0 Å². The molecular formula is C30H34N2O7S. The van der Waals surface area contributed by atoms with Crippen LogP contribution in [0, 0.1) is 0 Å². The number of carbonyl (C=O) groups excluding carboxylic acids is 1. The van der Waals surface area contributed by atoms with Gasteiger partial charge in [-0.2, -0.15) is 0 Å². The van der Waals surface area contributed by atoms with Gasteiger partial charge in [0.15, 0.2) is 17.6 Å². The fraction of sp³-hybridized carbons (Fsp3) is 0.367. The molecule has 10 heteroatoms. The van der Waals surface area contributed by atoms with Gasteiger partial charge in [0.2, 0.25) is 0 Å². The maximum absolute atomic E-state index is 13.9. The summed E-state index contributed by atoms with van der Waals surface area (Å²) in [6, 6.07) is 16.8. The minimum absolute atomic E-state index is 0.0890. The molecule has 3 aromatic rings. The Hall–Kier alpha value is -3.92. The fourth-order valence-corrected chi connectivity index (χ4v) is 6.14. The van der Waals surface area contributed by atoms with Gasteiger partial charge in [-0.05, 0) is 72.0 Å². The molecule has 0 saturated heterocycles. The monoisotopic (exact) mass is 566 g/mol. The predicted octanol–water partition coefficient (Wildman–Crippen LogP) is 4.60. The molecule has 0 radical (unpaired) electrons. The Morgan fingerprint density at radius 2 is 1.65 bits per heavy atom. The van der Waals surface area contributed by atoms with Crippen LogP contribution in [0.5, 0.6) is 23.0 Å². The summed E-state index contributed by atoms with van der Waals surface area (Å²) in [7, 11) is -2.51. The van der Waals surface area contributed by atoms with Crippen LogP contribution in [0.1, 0.15) is 44.9 Å². The van der Waals surface area contributed by atoms with Gasteiger partial charge in [-0.15, -0.1) is 0 Å². The number of rotatable bonds is 6. The third kappa shape index (κ3) is 5.40. The van der Waals surface area contributed by atoms with Crippen LogP contribution in [0.25, 0.3) is 0 Å². The normalized spacial score (nSPS) is 17.3. The van der Waals surface area contributed by atoms with E-state index in [0.29, 0.717) is 41.9 Å². The highest BCUT2D eigenvalue weighted by Crippen LogP contribution is 2.40. The van der Waals surface area contributed by atoms with Crippen molar-refractivity contribution in [2.75, 3.05) is 31.2 Å². The standard InChI is InChI=1S/C30H34N2O7S/c1-19(20-6-12-26-27(16-20)38-15-14-37-26)31-29(33)28-18-32(40(34,35)23-10-8-22(36-5)9-11-23)24-17-21(30(2,3)4)7-13-25(24)39-28/h6-13,16-17,19,28H,14-15,18H2,1-5H3,(H,31,33)/t19-,28+/m1/s1. The lowest BCUT2D eigenvalue weighted by molar-refractivity contribution is -0.128. The summed E-state index contributed by atoms with van der Waals surface area (Å²) in [4.78, 5) is 13.6. The van der Waals surface area contributed by atoms with E-state index in [-0.39, 0.29) is 22.9 Å². The highest BCUT2D eigenvalue weighted by molar-refractivity contribution is 7.92. The Morgan fingerprint density at radius 1 is 0.975 bits per heavy atom. The summed E-state index contributed by atoms with van der Waals surface area (Å²) < 4.78 is 51.7. The van der Waals surface area contributed by atoms with Gasteiger partial charge >= 0.3 is 0 Å². The second kappa shape index (κ2) is 10.6. The molecule has 0 unspecified atom stereocenters. The largest absolute Gasteiger partial charge is 0.497 e. The summed E-state index contributed by atoms with van der Waals surface area (Å²) in [5.41, 5.74) is 1.94. The summed E-state index contributed by atoms with van der Waals surface area (Å²) in [5.74, 6) is 1.72. The molecule has 0 bridgehead atoms. The molecule has 212 valence electrons. The van der Waals surface area contributed by atoms with E-state index in [1.807, 2.05) is 37.3 Å². The van der Waals surface area contributed by atoms with Gasteiger partial charge in [0, 0.05) is 0 Å². The average molecular weight is 567 g/mol.